The van der Waals surface area contributed by atoms with Gasteiger partial charge in [-0.3, -0.25) is 14.5 Å². The van der Waals surface area contributed by atoms with Gasteiger partial charge in [0.1, 0.15) is 6.04 Å². The molecule has 2 aliphatic heterocycles. The van der Waals surface area contributed by atoms with Crippen molar-refractivity contribution >= 4 is 45.4 Å². The first-order valence-electron chi connectivity index (χ1n) is 18.5. The van der Waals surface area contributed by atoms with Gasteiger partial charge in [0.05, 0.1) is 6.26 Å². The van der Waals surface area contributed by atoms with Gasteiger partial charge in [0, 0.05) is 62.7 Å². The SMILES string of the molecule is CS(=O)(=O)NCC(C1CCCCC1)N1CCN(C(=O)C(Cc2ccc(Cl)cc2)NC(=O)CC2NCCc3ccccc32)CC1.O=C(O)C(F)(F)F.O=C(O)C(F)(F)F. The van der Waals surface area contributed by atoms with E-state index in [0.717, 1.165) is 36.9 Å². The molecular weight excluding hydrogens is 824 g/mol. The van der Waals surface area contributed by atoms with Gasteiger partial charge in [0.2, 0.25) is 21.8 Å². The molecule has 2 aromatic carbocycles. The van der Waals surface area contributed by atoms with Crippen LogP contribution in [0.15, 0.2) is 48.5 Å². The summed E-state index contributed by atoms with van der Waals surface area (Å²) in [6.45, 7) is 3.61. The van der Waals surface area contributed by atoms with E-state index in [1.54, 1.807) is 12.1 Å². The van der Waals surface area contributed by atoms with Crippen LogP contribution >= 0.6 is 11.6 Å². The molecule has 3 atom stereocenters. The number of carboxylic acid groups (broad SMARTS) is 2. The van der Waals surface area contributed by atoms with Crippen LogP contribution in [-0.2, 0) is 42.0 Å². The second-order valence-corrected chi connectivity index (χ2v) is 16.4. The lowest BCUT2D eigenvalue weighted by molar-refractivity contribution is -0.193. The highest BCUT2D eigenvalue weighted by Gasteiger charge is 2.39. The quantitative estimate of drug-likeness (QED) is 0.201. The third-order valence-corrected chi connectivity index (χ3v) is 10.9. The summed E-state index contributed by atoms with van der Waals surface area (Å²) >= 11 is 6.11. The summed E-state index contributed by atoms with van der Waals surface area (Å²) in [6.07, 6.45) is -1.61. The van der Waals surface area contributed by atoms with Crippen molar-refractivity contribution in [3.8, 4) is 0 Å². The molecule has 2 amide bonds. The van der Waals surface area contributed by atoms with E-state index in [0.29, 0.717) is 50.1 Å². The van der Waals surface area contributed by atoms with Crippen LogP contribution in [0.1, 0.15) is 61.3 Å². The molecule has 0 spiro atoms. The largest absolute Gasteiger partial charge is 0.490 e. The van der Waals surface area contributed by atoms with E-state index in [1.165, 1.54) is 31.1 Å². The summed E-state index contributed by atoms with van der Waals surface area (Å²) in [6, 6.07) is 14.9. The number of sulfonamides is 1. The van der Waals surface area contributed by atoms with E-state index in [2.05, 4.69) is 32.4 Å². The molecule has 58 heavy (non-hydrogen) atoms. The van der Waals surface area contributed by atoms with Crippen molar-refractivity contribution in [2.75, 3.05) is 45.5 Å². The third-order valence-electron chi connectivity index (χ3n) is 9.92. The molecule has 0 bridgehead atoms. The highest BCUT2D eigenvalue weighted by Crippen LogP contribution is 2.30. The number of nitrogens with one attached hydrogen (secondary N) is 3. The Balaban J connectivity index is 0.000000550. The maximum atomic E-state index is 14.0. The van der Waals surface area contributed by atoms with E-state index in [4.69, 9.17) is 31.4 Å². The normalized spacial score (nSPS) is 18.9. The molecule has 1 aliphatic carbocycles. The van der Waals surface area contributed by atoms with E-state index in [-0.39, 0.29) is 30.3 Å². The van der Waals surface area contributed by atoms with Crippen molar-refractivity contribution in [3.63, 3.8) is 0 Å². The maximum Gasteiger partial charge on any atom is 0.490 e. The number of carbonyl (C=O) groups is 4. The average Bonchev–Trinajstić information content (AvgIpc) is 3.15. The number of benzene rings is 2. The standard InChI is InChI=1S/C33H46ClN5O4S.2C2HF3O2/c1-44(42,43)36-23-31(26-8-3-2-4-9-26)38-17-19-39(20-18-38)33(41)30(21-24-11-13-27(34)14-12-24)37-32(40)22-29-28-10-6-5-7-25(28)15-16-35-29;2*3-2(4,5)1(6)7/h5-7,10-14,26,29-31,35-36H,2-4,8-9,15-23H2,1H3,(H,37,40);2*(H,6,7). The van der Waals surface area contributed by atoms with Crippen LogP contribution < -0.4 is 15.4 Å². The molecule has 2 fully saturated rings. The van der Waals surface area contributed by atoms with Gasteiger partial charge < -0.3 is 25.7 Å². The Hall–Kier alpha value is -3.98. The molecule has 0 radical (unpaired) electrons. The van der Waals surface area contributed by atoms with E-state index < -0.39 is 40.4 Å². The van der Waals surface area contributed by atoms with Crippen LogP contribution in [0.25, 0.3) is 0 Å². The fourth-order valence-corrected chi connectivity index (χ4v) is 7.71. The molecule has 5 rings (SSSR count). The van der Waals surface area contributed by atoms with E-state index >= 15 is 0 Å². The van der Waals surface area contributed by atoms with Crippen LogP contribution in [0.4, 0.5) is 26.3 Å². The lowest BCUT2D eigenvalue weighted by Gasteiger charge is -2.44. The number of hydrogen-bond acceptors (Lipinski definition) is 8. The smallest absolute Gasteiger partial charge is 0.475 e. The Morgan fingerprint density at radius 1 is 0.879 bits per heavy atom. The molecule has 1 saturated carbocycles. The number of alkyl halides is 6. The average molecular weight is 872 g/mol. The molecular formula is C37H48ClF6N5O8S. The first kappa shape index (κ1) is 48.4. The van der Waals surface area contributed by atoms with E-state index in [9.17, 15) is 44.3 Å². The molecule has 0 aromatic heterocycles. The Labute approximate surface area is 337 Å². The molecule has 2 heterocycles. The number of aliphatic carboxylic acids is 2. The number of amides is 2. The lowest BCUT2D eigenvalue weighted by Crippen LogP contribution is -2.59. The maximum absolute atomic E-state index is 14.0. The first-order chi connectivity index (χ1) is 27.0. The number of hydrogen-bond donors (Lipinski definition) is 5. The van der Waals surface area contributed by atoms with Crippen molar-refractivity contribution in [3.05, 3.63) is 70.2 Å². The van der Waals surface area contributed by atoms with Gasteiger partial charge in [-0.2, -0.15) is 26.3 Å². The number of carboxylic acids is 2. The van der Waals surface area contributed by atoms with E-state index in [1.807, 2.05) is 29.2 Å². The van der Waals surface area contributed by atoms with Crippen molar-refractivity contribution < 1.29 is 64.2 Å². The van der Waals surface area contributed by atoms with Gasteiger partial charge in [-0.05, 0) is 60.5 Å². The van der Waals surface area contributed by atoms with Gasteiger partial charge in [-0.15, -0.1) is 0 Å². The summed E-state index contributed by atoms with van der Waals surface area (Å²) in [5, 5.41) is 21.4. The zero-order valence-corrected chi connectivity index (χ0v) is 33.2. The molecule has 21 heteroatoms. The highest BCUT2D eigenvalue weighted by atomic mass is 35.5. The highest BCUT2D eigenvalue weighted by molar-refractivity contribution is 7.88. The topological polar surface area (TPSA) is 185 Å². The summed E-state index contributed by atoms with van der Waals surface area (Å²) in [7, 11) is -3.30. The minimum absolute atomic E-state index is 0.0894. The van der Waals surface area contributed by atoms with Crippen LogP contribution in [0.2, 0.25) is 5.02 Å². The minimum atomic E-state index is -5.08. The predicted molar refractivity (Wildman–Crippen MR) is 201 cm³/mol. The number of carbonyl (C=O) groups excluding carboxylic acids is 2. The van der Waals surface area contributed by atoms with Crippen molar-refractivity contribution in [2.24, 2.45) is 5.92 Å². The van der Waals surface area contributed by atoms with Crippen molar-refractivity contribution in [2.45, 2.75) is 81.8 Å². The van der Waals surface area contributed by atoms with Crippen LogP contribution in [-0.4, -0.2) is 122 Å². The van der Waals surface area contributed by atoms with Crippen LogP contribution in [0, 0.1) is 5.92 Å². The summed E-state index contributed by atoms with van der Waals surface area (Å²) in [5.41, 5.74) is 3.33. The first-order valence-corrected chi connectivity index (χ1v) is 20.7. The zero-order valence-electron chi connectivity index (χ0n) is 31.6. The Bertz CT molecular complexity index is 1760. The molecule has 324 valence electrons. The molecule has 2 aromatic rings. The summed E-state index contributed by atoms with van der Waals surface area (Å²) < 4.78 is 90.1. The fourth-order valence-electron chi connectivity index (χ4n) is 7.11. The van der Waals surface area contributed by atoms with Crippen molar-refractivity contribution in [1.29, 1.82) is 0 Å². The number of fused-ring (bicyclic) bond motifs is 1. The van der Waals surface area contributed by atoms with Gasteiger partial charge >= 0.3 is 24.3 Å². The molecule has 1 saturated heterocycles. The minimum Gasteiger partial charge on any atom is -0.475 e. The lowest BCUT2D eigenvalue weighted by atomic mass is 9.83. The number of rotatable bonds is 11. The molecule has 5 N–H and O–H groups in total. The fraction of sp³-hybridized carbons (Fsp3) is 0.568. The Morgan fingerprint density at radius 2 is 1.43 bits per heavy atom. The second-order valence-electron chi connectivity index (χ2n) is 14.2. The number of nitrogens with zero attached hydrogens (tertiary/aromatic N) is 2. The molecule has 3 unspecified atom stereocenters. The van der Waals surface area contributed by atoms with Gasteiger partial charge in [0.15, 0.2) is 0 Å². The van der Waals surface area contributed by atoms with Crippen LogP contribution in [0.5, 0.6) is 0 Å². The number of piperazine rings is 1. The van der Waals surface area contributed by atoms with Gasteiger partial charge in [-0.1, -0.05) is 67.3 Å². The second kappa shape index (κ2) is 21.9. The number of halogens is 7. The summed E-state index contributed by atoms with van der Waals surface area (Å²) in [4.78, 5) is 49.4. The molecule has 3 aliphatic rings. The predicted octanol–water partition coefficient (Wildman–Crippen LogP) is 4.55. The summed E-state index contributed by atoms with van der Waals surface area (Å²) in [5.74, 6) is -5.32. The zero-order chi connectivity index (χ0) is 43.3. The monoisotopic (exact) mass is 871 g/mol. The third kappa shape index (κ3) is 16.3. The van der Waals surface area contributed by atoms with Crippen LogP contribution in [0.3, 0.4) is 0 Å². The Kier molecular flexibility index (Phi) is 18.2. The molecule has 13 nitrogen and oxygen atoms in total. The Morgan fingerprint density at radius 3 is 1.97 bits per heavy atom. The van der Waals surface area contributed by atoms with Crippen molar-refractivity contribution in [1.82, 2.24) is 25.2 Å². The van der Waals surface area contributed by atoms with Gasteiger partial charge in [0.25, 0.3) is 0 Å². The van der Waals surface area contributed by atoms with Gasteiger partial charge in [-0.25, -0.2) is 22.7 Å².